The number of benzene rings is 1. The first-order chi connectivity index (χ1) is 9.91. The molecule has 7 nitrogen and oxygen atoms in total. The summed E-state index contributed by atoms with van der Waals surface area (Å²) >= 11 is 0. The highest BCUT2D eigenvalue weighted by Gasteiger charge is 2.23. The molecule has 110 valence electrons. The highest BCUT2D eigenvalue weighted by Crippen LogP contribution is 2.31. The summed E-state index contributed by atoms with van der Waals surface area (Å²) in [7, 11) is 0. The Morgan fingerprint density at radius 1 is 1.33 bits per heavy atom. The van der Waals surface area contributed by atoms with Crippen molar-refractivity contribution in [1.29, 1.82) is 0 Å². The van der Waals surface area contributed by atoms with Crippen LogP contribution >= 0.6 is 0 Å². The summed E-state index contributed by atoms with van der Waals surface area (Å²) in [6, 6.07) is 3.73. The molecule has 2 N–H and O–H groups in total. The van der Waals surface area contributed by atoms with Crippen LogP contribution in [0.25, 0.3) is 10.8 Å². The van der Waals surface area contributed by atoms with Crippen LogP contribution in [0, 0.1) is 16.0 Å². The average Bonchev–Trinajstić information content (AvgIpc) is 2.43. The molecule has 1 aromatic carbocycles. The van der Waals surface area contributed by atoms with E-state index in [1.807, 2.05) is 0 Å². The minimum Gasteiger partial charge on any atom is -0.480 e. The summed E-state index contributed by atoms with van der Waals surface area (Å²) in [6.45, 7) is 3.59. The van der Waals surface area contributed by atoms with Gasteiger partial charge in [0.15, 0.2) is 0 Å². The molecule has 1 atom stereocenters. The van der Waals surface area contributed by atoms with Crippen LogP contribution in [0.15, 0.2) is 30.6 Å². The second-order valence-electron chi connectivity index (χ2n) is 5.01. The van der Waals surface area contributed by atoms with E-state index < -0.39 is 16.9 Å². The molecule has 0 amide bonds. The Hall–Kier alpha value is -2.70. The topological polar surface area (TPSA) is 105 Å². The van der Waals surface area contributed by atoms with Gasteiger partial charge in [0, 0.05) is 29.5 Å². The summed E-state index contributed by atoms with van der Waals surface area (Å²) in [5.74, 6) is -1.10. The first-order valence-corrected chi connectivity index (χ1v) is 6.42. The van der Waals surface area contributed by atoms with Crippen molar-refractivity contribution in [3.05, 3.63) is 40.7 Å². The average molecular weight is 289 g/mol. The molecule has 0 saturated carbocycles. The Balaban J connectivity index is 2.53. The zero-order valence-electron chi connectivity index (χ0n) is 11.6. The highest BCUT2D eigenvalue weighted by atomic mass is 16.6. The Bertz CT molecular complexity index is 700. The molecule has 21 heavy (non-hydrogen) atoms. The van der Waals surface area contributed by atoms with Crippen molar-refractivity contribution in [2.45, 2.75) is 19.9 Å². The predicted octanol–water partition coefficient (Wildman–Crippen LogP) is 2.66. The van der Waals surface area contributed by atoms with Crippen molar-refractivity contribution in [1.82, 2.24) is 4.98 Å². The lowest BCUT2D eigenvalue weighted by Gasteiger charge is -2.20. The Morgan fingerprint density at radius 3 is 2.62 bits per heavy atom. The number of anilines is 1. The molecule has 0 fully saturated rings. The number of carbonyl (C=O) groups is 1. The third-order valence-electron chi connectivity index (χ3n) is 3.24. The maximum absolute atomic E-state index is 11.3. The zero-order valence-corrected chi connectivity index (χ0v) is 11.6. The van der Waals surface area contributed by atoms with Crippen molar-refractivity contribution < 1.29 is 14.8 Å². The quantitative estimate of drug-likeness (QED) is 0.647. The van der Waals surface area contributed by atoms with E-state index in [9.17, 15) is 20.0 Å². The van der Waals surface area contributed by atoms with Crippen molar-refractivity contribution in [3.63, 3.8) is 0 Å². The summed E-state index contributed by atoms with van der Waals surface area (Å²) in [5.41, 5.74) is 0.485. The van der Waals surface area contributed by atoms with E-state index in [1.54, 1.807) is 19.9 Å². The van der Waals surface area contributed by atoms with Crippen LogP contribution in [-0.4, -0.2) is 27.0 Å². The van der Waals surface area contributed by atoms with Crippen molar-refractivity contribution in [2.24, 2.45) is 5.92 Å². The number of non-ortho nitro benzene ring substituents is 1. The zero-order chi connectivity index (χ0) is 15.6. The Morgan fingerprint density at radius 2 is 2.05 bits per heavy atom. The number of rotatable bonds is 5. The van der Waals surface area contributed by atoms with Crippen LogP contribution in [0.2, 0.25) is 0 Å². The molecule has 0 aliphatic heterocycles. The van der Waals surface area contributed by atoms with Gasteiger partial charge in [0.1, 0.15) is 6.04 Å². The number of nitro benzene ring substituents is 1. The smallest absolute Gasteiger partial charge is 0.326 e. The lowest BCUT2D eigenvalue weighted by molar-refractivity contribution is -0.383. The fourth-order valence-corrected chi connectivity index (χ4v) is 2.14. The third-order valence-corrected chi connectivity index (χ3v) is 3.24. The Kier molecular flexibility index (Phi) is 4.02. The molecule has 0 spiro atoms. The standard InChI is InChI=1S/C14H15N3O4/c1-8(2)13(14(18)19)16-11-3-4-12(17(20)21)10-7-15-6-5-9(10)11/h3-8,13,16H,1-2H3,(H,18,19)/t13-/m1/s1. The summed E-state index contributed by atoms with van der Waals surface area (Å²) < 4.78 is 0. The molecule has 1 heterocycles. The number of hydrogen-bond acceptors (Lipinski definition) is 5. The fraction of sp³-hybridized carbons (Fsp3) is 0.286. The van der Waals surface area contributed by atoms with Gasteiger partial charge in [-0.1, -0.05) is 13.8 Å². The number of fused-ring (bicyclic) bond motifs is 1. The van der Waals surface area contributed by atoms with E-state index in [2.05, 4.69) is 10.3 Å². The highest BCUT2D eigenvalue weighted by molar-refractivity contribution is 6.00. The number of nitrogens with one attached hydrogen (secondary N) is 1. The number of nitrogens with zero attached hydrogens (tertiary/aromatic N) is 2. The van der Waals surface area contributed by atoms with E-state index in [0.717, 1.165) is 0 Å². The largest absolute Gasteiger partial charge is 0.480 e. The molecular formula is C14H15N3O4. The maximum atomic E-state index is 11.3. The monoisotopic (exact) mass is 289 g/mol. The molecule has 2 rings (SSSR count). The first-order valence-electron chi connectivity index (χ1n) is 6.42. The molecule has 0 aliphatic carbocycles. The maximum Gasteiger partial charge on any atom is 0.326 e. The van der Waals surface area contributed by atoms with Crippen LogP contribution in [0.5, 0.6) is 0 Å². The fourth-order valence-electron chi connectivity index (χ4n) is 2.14. The molecule has 0 unspecified atom stereocenters. The van der Waals surface area contributed by atoms with E-state index >= 15 is 0 Å². The molecule has 0 aliphatic rings. The van der Waals surface area contributed by atoms with Gasteiger partial charge in [0.2, 0.25) is 0 Å². The van der Waals surface area contributed by atoms with E-state index in [-0.39, 0.29) is 11.6 Å². The van der Waals surface area contributed by atoms with Crippen molar-refractivity contribution >= 4 is 28.1 Å². The second kappa shape index (κ2) is 5.74. The van der Waals surface area contributed by atoms with Gasteiger partial charge < -0.3 is 10.4 Å². The number of hydrogen-bond donors (Lipinski definition) is 2. The second-order valence-corrected chi connectivity index (χ2v) is 5.01. The number of carboxylic acid groups (broad SMARTS) is 1. The lowest BCUT2D eigenvalue weighted by Crippen LogP contribution is -2.34. The molecule has 7 heteroatoms. The van der Waals surface area contributed by atoms with Gasteiger partial charge in [-0.05, 0) is 18.1 Å². The van der Waals surface area contributed by atoms with Gasteiger partial charge in [-0.3, -0.25) is 15.1 Å². The van der Waals surface area contributed by atoms with Gasteiger partial charge in [-0.15, -0.1) is 0 Å². The first kappa shape index (κ1) is 14.7. The van der Waals surface area contributed by atoms with Crippen LogP contribution in [0.3, 0.4) is 0 Å². The number of pyridine rings is 1. The summed E-state index contributed by atoms with van der Waals surface area (Å²) in [5, 5.41) is 24.2. The van der Waals surface area contributed by atoms with E-state index in [1.165, 1.54) is 24.5 Å². The minimum absolute atomic E-state index is 0.0555. The van der Waals surface area contributed by atoms with Crippen LogP contribution < -0.4 is 5.32 Å². The minimum atomic E-state index is -0.967. The normalized spacial score (nSPS) is 12.3. The third kappa shape index (κ3) is 2.91. The lowest BCUT2D eigenvalue weighted by atomic mass is 10.0. The molecule has 0 radical (unpaired) electrons. The van der Waals surface area contributed by atoms with Crippen molar-refractivity contribution in [3.8, 4) is 0 Å². The predicted molar refractivity (Wildman–Crippen MR) is 78.3 cm³/mol. The van der Waals surface area contributed by atoms with Crippen LogP contribution in [0.1, 0.15) is 13.8 Å². The number of aromatic nitrogens is 1. The van der Waals surface area contributed by atoms with Gasteiger partial charge >= 0.3 is 5.97 Å². The van der Waals surface area contributed by atoms with Gasteiger partial charge in [-0.25, -0.2) is 4.79 Å². The van der Waals surface area contributed by atoms with E-state index in [4.69, 9.17) is 0 Å². The Labute approximate surface area is 120 Å². The van der Waals surface area contributed by atoms with Gasteiger partial charge in [0.25, 0.3) is 5.69 Å². The van der Waals surface area contributed by atoms with Gasteiger partial charge in [0.05, 0.1) is 10.3 Å². The van der Waals surface area contributed by atoms with E-state index in [0.29, 0.717) is 16.5 Å². The van der Waals surface area contributed by atoms with Gasteiger partial charge in [-0.2, -0.15) is 0 Å². The van der Waals surface area contributed by atoms with Crippen molar-refractivity contribution in [2.75, 3.05) is 5.32 Å². The summed E-state index contributed by atoms with van der Waals surface area (Å²) in [4.78, 5) is 25.7. The SMILES string of the molecule is CC(C)[C@@H](Nc1ccc([N+](=O)[O-])c2cnccc12)C(=O)O. The molecule has 0 saturated heterocycles. The molecule has 2 aromatic rings. The summed E-state index contributed by atoms with van der Waals surface area (Å²) in [6.07, 6.45) is 2.92. The number of carboxylic acids is 1. The van der Waals surface area contributed by atoms with Crippen LogP contribution in [0.4, 0.5) is 11.4 Å². The molecule has 1 aromatic heterocycles. The molecule has 0 bridgehead atoms. The number of aliphatic carboxylic acids is 1. The number of nitro groups is 1. The van der Waals surface area contributed by atoms with Crippen LogP contribution in [-0.2, 0) is 4.79 Å². The molecular weight excluding hydrogens is 274 g/mol.